The molecule has 0 bridgehead atoms. The molecule has 0 fully saturated rings. The molecule has 0 aliphatic rings. The molecule has 98 valence electrons. The van der Waals surface area contributed by atoms with Crippen LogP contribution in [0.15, 0.2) is 41.8 Å². The summed E-state index contributed by atoms with van der Waals surface area (Å²) >= 11 is 0. The molecule has 0 aliphatic heterocycles. The van der Waals surface area contributed by atoms with E-state index in [0.29, 0.717) is 24.4 Å². The van der Waals surface area contributed by atoms with Crippen LogP contribution in [0.1, 0.15) is 22.8 Å². The molecule has 6 nitrogen and oxygen atoms in total. The molecule has 2 aromatic rings. The van der Waals surface area contributed by atoms with Crippen molar-refractivity contribution in [3.8, 4) is 0 Å². The van der Waals surface area contributed by atoms with Crippen LogP contribution in [0.4, 0.5) is 5.69 Å². The Kier molecular flexibility index (Phi) is 4.02. The molecule has 1 aromatic heterocycles. The van der Waals surface area contributed by atoms with Gasteiger partial charge in [0.25, 0.3) is 0 Å². The van der Waals surface area contributed by atoms with Gasteiger partial charge in [0.05, 0.1) is 24.9 Å². The fraction of sp³-hybridized carbons (Fsp3) is 0.231. The van der Waals surface area contributed by atoms with Gasteiger partial charge in [-0.1, -0.05) is 12.1 Å². The third-order valence-electron chi connectivity index (χ3n) is 2.53. The minimum Gasteiger partial charge on any atom is -0.462 e. The minimum absolute atomic E-state index is 0.337. The third-order valence-corrected chi connectivity index (χ3v) is 2.53. The van der Waals surface area contributed by atoms with Gasteiger partial charge in [-0.15, -0.1) is 4.91 Å². The summed E-state index contributed by atoms with van der Waals surface area (Å²) in [4.78, 5) is 21.8. The second-order valence-electron chi connectivity index (χ2n) is 3.90. The topological polar surface area (TPSA) is 73.5 Å². The summed E-state index contributed by atoms with van der Waals surface area (Å²) in [5, 5.41) is 6.92. The molecule has 0 amide bonds. The largest absolute Gasteiger partial charge is 0.462 e. The zero-order valence-corrected chi connectivity index (χ0v) is 10.4. The van der Waals surface area contributed by atoms with E-state index >= 15 is 0 Å². The van der Waals surface area contributed by atoms with Crippen LogP contribution in [-0.2, 0) is 11.3 Å². The van der Waals surface area contributed by atoms with Gasteiger partial charge in [-0.25, -0.2) is 4.79 Å². The van der Waals surface area contributed by atoms with E-state index in [4.69, 9.17) is 4.74 Å². The number of carbonyl (C=O) groups is 1. The number of esters is 1. The van der Waals surface area contributed by atoms with Crippen molar-refractivity contribution in [2.75, 3.05) is 6.61 Å². The summed E-state index contributed by atoms with van der Waals surface area (Å²) in [6.07, 6.45) is 3.10. The number of benzene rings is 1. The van der Waals surface area contributed by atoms with Crippen LogP contribution in [-0.4, -0.2) is 22.4 Å². The molecule has 0 aliphatic carbocycles. The Morgan fingerprint density at radius 1 is 1.37 bits per heavy atom. The van der Waals surface area contributed by atoms with E-state index in [2.05, 4.69) is 10.3 Å². The number of carbonyl (C=O) groups excluding carboxylic acids is 1. The molecule has 6 heteroatoms. The number of nitroso groups, excluding NO2 is 1. The Balaban J connectivity index is 2.06. The first-order chi connectivity index (χ1) is 9.22. The lowest BCUT2D eigenvalue weighted by Gasteiger charge is -2.01. The van der Waals surface area contributed by atoms with Gasteiger partial charge in [0.2, 0.25) is 0 Å². The van der Waals surface area contributed by atoms with E-state index in [1.54, 1.807) is 42.1 Å². The number of aromatic nitrogens is 2. The molecule has 0 saturated heterocycles. The first-order valence-corrected chi connectivity index (χ1v) is 5.85. The van der Waals surface area contributed by atoms with Crippen LogP contribution in [0.3, 0.4) is 0 Å². The van der Waals surface area contributed by atoms with Gasteiger partial charge in [-0.3, -0.25) is 4.68 Å². The molecule has 2 rings (SSSR count). The molecular formula is C13H13N3O3. The molecular weight excluding hydrogens is 246 g/mol. The fourth-order valence-electron chi connectivity index (χ4n) is 1.62. The summed E-state index contributed by atoms with van der Waals surface area (Å²) in [6, 6.07) is 6.86. The van der Waals surface area contributed by atoms with E-state index in [-0.39, 0.29) is 5.97 Å². The van der Waals surface area contributed by atoms with E-state index in [1.807, 2.05) is 0 Å². The lowest BCUT2D eigenvalue weighted by Crippen LogP contribution is -2.04. The summed E-state index contributed by atoms with van der Waals surface area (Å²) in [7, 11) is 0. The van der Waals surface area contributed by atoms with Crippen molar-refractivity contribution in [1.29, 1.82) is 0 Å². The summed E-state index contributed by atoms with van der Waals surface area (Å²) in [5.74, 6) is -0.380. The highest BCUT2D eigenvalue weighted by atomic mass is 16.5. The fourth-order valence-corrected chi connectivity index (χ4v) is 1.62. The van der Waals surface area contributed by atoms with E-state index < -0.39 is 0 Å². The number of ether oxygens (including phenoxy) is 1. The Morgan fingerprint density at radius 3 is 2.74 bits per heavy atom. The number of hydrogen-bond donors (Lipinski definition) is 0. The molecule has 1 heterocycles. The Morgan fingerprint density at radius 2 is 2.11 bits per heavy atom. The van der Waals surface area contributed by atoms with E-state index in [0.717, 1.165) is 5.56 Å². The number of nitrogens with zero attached hydrogens (tertiary/aromatic N) is 3. The Labute approximate surface area is 110 Å². The van der Waals surface area contributed by atoms with Crippen LogP contribution in [0.2, 0.25) is 0 Å². The van der Waals surface area contributed by atoms with Crippen LogP contribution in [0.25, 0.3) is 0 Å². The van der Waals surface area contributed by atoms with Crippen molar-refractivity contribution in [2.45, 2.75) is 13.5 Å². The van der Waals surface area contributed by atoms with Gasteiger partial charge in [0, 0.05) is 6.20 Å². The number of rotatable bonds is 5. The second-order valence-corrected chi connectivity index (χ2v) is 3.90. The summed E-state index contributed by atoms with van der Waals surface area (Å²) < 4.78 is 6.52. The maximum atomic E-state index is 11.5. The van der Waals surface area contributed by atoms with Gasteiger partial charge in [-0.2, -0.15) is 5.10 Å². The van der Waals surface area contributed by atoms with E-state index in [1.165, 1.54) is 6.20 Å². The van der Waals surface area contributed by atoms with Gasteiger partial charge in [0.1, 0.15) is 5.69 Å². The van der Waals surface area contributed by atoms with Crippen molar-refractivity contribution in [1.82, 2.24) is 9.78 Å². The molecule has 0 unspecified atom stereocenters. The lowest BCUT2D eigenvalue weighted by molar-refractivity contribution is 0.0526. The van der Waals surface area contributed by atoms with Crippen LogP contribution in [0, 0.1) is 4.91 Å². The van der Waals surface area contributed by atoms with Crippen molar-refractivity contribution in [2.24, 2.45) is 5.18 Å². The molecule has 0 radical (unpaired) electrons. The second kappa shape index (κ2) is 5.90. The van der Waals surface area contributed by atoms with Gasteiger partial charge in [-0.05, 0) is 29.8 Å². The maximum Gasteiger partial charge on any atom is 0.341 e. The third kappa shape index (κ3) is 3.25. The van der Waals surface area contributed by atoms with Crippen molar-refractivity contribution < 1.29 is 9.53 Å². The molecule has 0 spiro atoms. The molecule has 0 N–H and O–H groups in total. The van der Waals surface area contributed by atoms with Crippen molar-refractivity contribution in [3.05, 3.63) is 52.7 Å². The monoisotopic (exact) mass is 259 g/mol. The highest BCUT2D eigenvalue weighted by molar-refractivity contribution is 5.88. The Bertz CT molecular complexity index is 575. The van der Waals surface area contributed by atoms with E-state index in [9.17, 15) is 9.70 Å². The van der Waals surface area contributed by atoms with Gasteiger partial charge >= 0.3 is 5.97 Å². The molecule has 1 aromatic carbocycles. The highest BCUT2D eigenvalue weighted by Gasteiger charge is 2.09. The predicted molar refractivity (Wildman–Crippen MR) is 69.2 cm³/mol. The molecule has 0 saturated carbocycles. The van der Waals surface area contributed by atoms with Crippen LogP contribution >= 0.6 is 0 Å². The average Bonchev–Trinajstić information content (AvgIpc) is 2.88. The van der Waals surface area contributed by atoms with Crippen molar-refractivity contribution >= 4 is 11.7 Å². The zero-order valence-electron chi connectivity index (χ0n) is 10.4. The smallest absolute Gasteiger partial charge is 0.341 e. The van der Waals surface area contributed by atoms with Gasteiger partial charge in [0.15, 0.2) is 0 Å². The standard InChI is InChI=1S/C13H13N3O3/c1-2-19-13(17)11-7-14-16(9-11)8-10-3-5-12(15-18)6-4-10/h3-7,9H,2,8H2,1H3. The lowest BCUT2D eigenvalue weighted by atomic mass is 10.2. The zero-order chi connectivity index (χ0) is 13.7. The first-order valence-electron chi connectivity index (χ1n) is 5.85. The summed E-state index contributed by atoms with van der Waals surface area (Å²) in [5.41, 5.74) is 1.77. The minimum atomic E-state index is -0.380. The van der Waals surface area contributed by atoms with Crippen LogP contribution < -0.4 is 0 Å². The van der Waals surface area contributed by atoms with Gasteiger partial charge < -0.3 is 4.74 Å². The highest BCUT2D eigenvalue weighted by Crippen LogP contribution is 2.13. The quantitative estimate of drug-likeness (QED) is 0.610. The average molecular weight is 259 g/mol. The van der Waals surface area contributed by atoms with Crippen molar-refractivity contribution in [3.63, 3.8) is 0 Å². The predicted octanol–water partition coefficient (Wildman–Crippen LogP) is 2.51. The summed E-state index contributed by atoms with van der Waals surface area (Å²) in [6.45, 7) is 2.60. The molecule has 0 atom stereocenters. The first kappa shape index (κ1) is 12.9. The van der Waals surface area contributed by atoms with Crippen LogP contribution in [0.5, 0.6) is 0 Å². The molecule has 19 heavy (non-hydrogen) atoms. The maximum absolute atomic E-state index is 11.5. The number of hydrogen-bond acceptors (Lipinski definition) is 5. The SMILES string of the molecule is CCOC(=O)c1cnn(Cc2ccc(N=O)cc2)c1. The Hall–Kier alpha value is -2.50. The normalized spacial score (nSPS) is 10.2.